The molecule has 2 heteroatoms. The molecular formula is C19H30BrN. The van der Waals surface area contributed by atoms with Crippen LogP contribution in [0.3, 0.4) is 0 Å². The van der Waals surface area contributed by atoms with Gasteiger partial charge in [0.1, 0.15) is 0 Å². The second-order valence-corrected chi connectivity index (χ2v) is 7.35. The number of benzene rings is 1. The summed E-state index contributed by atoms with van der Waals surface area (Å²) in [5, 5.41) is 1.12. The average Bonchev–Trinajstić information content (AvgIpc) is 2.47. The van der Waals surface area contributed by atoms with E-state index in [-0.39, 0.29) is 0 Å². The first-order chi connectivity index (χ1) is 10.1. The zero-order valence-electron chi connectivity index (χ0n) is 13.9. The van der Waals surface area contributed by atoms with Gasteiger partial charge in [0.15, 0.2) is 0 Å². The quantitative estimate of drug-likeness (QED) is 0.567. The van der Waals surface area contributed by atoms with E-state index in [1.807, 2.05) is 0 Å². The summed E-state index contributed by atoms with van der Waals surface area (Å²) in [7, 11) is 0. The molecule has 0 aromatic heterocycles. The van der Waals surface area contributed by atoms with Crippen LogP contribution < -0.4 is 4.90 Å². The Bertz CT molecular complexity index is 449. The molecule has 0 spiro atoms. The predicted octanol–water partition coefficient (Wildman–Crippen LogP) is 5.73. The van der Waals surface area contributed by atoms with Gasteiger partial charge in [-0.1, -0.05) is 60.3 Å². The fourth-order valence-corrected chi connectivity index (χ4v) is 4.63. The molecule has 1 aromatic carbocycles. The van der Waals surface area contributed by atoms with Gasteiger partial charge in [-0.2, -0.15) is 0 Å². The molecule has 0 unspecified atom stereocenters. The number of rotatable bonds is 7. The highest BCUT2D eigenvalue weighted by atomic mass is 79.9. The third-order valence-electron chi connectivity index (χ3n) is 4.82. The molecule has 0 fully saturated rings. The first-order valence-corrected chi connectivity index (χ1v) is 9.66. The van der Waals surface area contributed by atoms with Crippen molar-refractivity contribution >= 4 is 21.6 Å². The molecule has 0 bridgehead atoms. The molecule has 1 aliphatic rings. The van der Waals surface area contributed by atoms with Crippen molar-refractivity contribution in [3.05, 3.63) is 29.3 Å². The molecule has 0 radical (unpaired) electrons. The minimum absolute atomic E-state index is 0.434. The van der Waals surface area contributed by atoms with Crippen LogP contribution in [0.4, 0.5) is 5.69 Å². The minimum Gasteiger partial charge on any atom is -0.371 e. The van der Waals surface area contributed by atoms with Crippen LogP contribution in [0.25, 0.3) is 0 Å². The van der Waals surface area contributed by atoms with Crippen molar-refractivity contribution in [3.63, 3.8) is 0 Å². The van der Waals surface area contributed by atoms with Gasteiger partial charge in [-0.25, -0.2) is 0 Å². The summed E-state index contributed by atoms with van der Waals surface area (Å²) in [6.45, 7) is 9.27. The highest BCUT2D eigenvalue weighted by Crippen LogP contribution is 2.37. The number of alkyl halides is 1. The molecule has 0 amide bonds. The number of halogens is 1. The number of fused-ring (bicyclic) bond motifs is 1. The lowest BCUT2D eigenvalue weighted by atomic mass is 9.80. The van der Waals surface area contributed by atoms with Crippen molar-refractivity contribution < 1.29 is 0 Å². The largest absolute Gasteiger partial charge is 0.371 e. The number of hydrogen-bond donors (Lipinski definition) is 0. The topological polar surface area (TPSA) is 3.24 Å². The van der Waals surface area contributed by atoms with Crippen LogP contribution in [0, 0.1) is 12.3 Å². The maximum atomic E-state index is 3.83. The van der Waals surface area contributed by atoms with E-state index in [0.29, 0.717) is 5.41 Å². The van der Waals surface area contributed by atoms with Gasteiger partial charge in [0, 0.05) is 24.1 Å². The van der Waals surface area contributed by atoms with E-state index >= 15 is 0 Å². The van der Waals surface area contributed by atoms with Crippen molar-refractivity contribution in [2.24, 2.45) is 5.41 Å². The van der Waals surface area contributed by atoms with Gasteiger partial charge < -0.3 is 4.90 Å². The Balaban J connectivity index is 2.22. The summed E-state index contributed by atoms with van der Waals surface area (Å²) in [5.41, 5.74) is 4.87. The fourth-order valence-electron chi connectivity index (χ4n) is 3.89. The summed E-state index contributed by atoms with van der Waals surface area (Å²) >= 11 is 3.83. The Morgan fingerprint density at radius 2 is 1.90 bits per heavy atom. The van der Waals surface area contributed by atoms with Gasteiger partial charge in [0.05, 0.1) is 0 Å². The van der Waals surface area contributed by atoms with Crippen LogP contribution in [0.1, 0.15) is 57.1 Å². The van der Waals surface area contributed by atoms with Crippen molar-refractivity contribution in [1.29, 1.82) is 0 Å². The Morgan fingerprint density at radius 1 is 1.19 bits per heavy atom. The highest BCUT2D eigenvalue weighted by Gasteiger charge is 2.31. The number of aryl methyl sites for hydroxylation is 2. The summed E-state index contributed by atoms with van der Waals surface area (Å²) in [5.74, 6) is 0. The zero-order chi connectivity index (χ0) is 15.3. The highest BCUT2D eigenvalue weighted by molar-refractivity contribution is 9.09. The second-order valence-electron chi connectivity index (χ2n) is 6.79. The van der Waals surface area contributed by atoms with Crippen molar-refractivity contribution in [1.82, 2.24) is 0 Å². The summed E-state index contributed by atoms with van der Waals surface area (Å²) in [6, 6.07) is 7.00. The van der Waals surface area contributed by atoms with Gasteiger partial charge in [-0.15, -0.1) is 0 Å². The molecule has 0 N–H and O–H groups in total. The standard InChI is InChI=1S/C19H30BrN/c1-4-10-19(14-20,11-5-2)15-21-12-6-7-17-13-16(3)8-9-18(17)21/h8-9,13H,4-7,10-12,14-15H2,1-3H3. The number of nitrogens with zero attached hydrogens (tertiary/aromatic N) is 1. The van der Waals surface area contributed by atoms with E-state index in [1.165, 1.54) is 62.9 Å². The maximum absolute atomic E-state index is 3.83. The lowest BCUT2D eigenvalue weighted by Crippen LogP contribution is -2.41. The van der Waals surface area contributed by atoms with Crippen LogP contribution in [0.15, 0.2) is 18.2 Å². The fraction of sp³-hybridized carbons (Fsp3) is 0.684. The molecular weight excluding hydrogens is 322 g/mol. The molecule has 1 heterocycles. The van der Waals surface area contributed by atoms with Gasteiger partial charge >= 0.3 is 0 Å². The van der Waals surface area contributed by atoms with E-state index in [4.69, 9.17) is 0 Å². The van der Waals surface area contributed by atoms with Crippen molar-refractivity contribution in [2.75, 3.05) is 23.3 Å². The van der Waals surface area contributed by atoms with Crippen LogP contribution in [-0.2, 0) is 6.42 Å². The number of anilines is 1. The van der Waals surface area contributed by atoms with Gasteiger partial charge in [-0.3, -0.25) is 0 Å². The maximum Gasteiger partial charge on any atom is 0.0399 e. The van der Waals surface area contributed by atoms with E-state index < -0.39 is 0 Å². The van der Waals surface area contributed by atoms with E-state index in [9.17, 15) is 0 Å². The SMILES string of the molecule is CCCC(CBr)(CCC)CN1CCCc2cc(C)ccc21. The Kier molecular flexibility index (Phi) is 6.16. The van der Waals surface area contributed by atoms with Gasteiger partial charge in [0.2, 0.25) is 0 Å². The second kappa shape index (κ2) is 7.67. The molecule has 1 aromatic rings. The smallest absolute Gasteiger partial charge is 0.0399 e. The average molecular weight is 352 g/mol. The summed E-state index contributed by atoms with van der Waals surface area (Å²) in [4.78, 5) is 2.66. The van der Waals surface area contributed by atoms with E-state index in [1.54, 1.807) is 5.56 Å². The van der Waals surface area contributed by atoms with Crippen LogP contribution >= 0.6 is 15.9 Å². The summed E-state index contributed by atoms with van der Waals surface area (Å²) < 4.78 is 0. The number of hydrogen-bond acceptors (Lipinski definition) is 1. The normalized spacial score (nSPS) is 15.1. The molecule has 0 saturated heterocycles. The monoisotopic (exact) mass is 351 g/mol. The molecule has 0 aliphatic carbocycles. The van der Waals surface area contributed by atoms with Gasteiger partial charge in [0.25, 0.3) is 0 Å². The molecule has 21 heavy (non-hydrogen) atoms. The van der Waals surface area contributed by atoms with Gasteiger partial charge in [-0.05, 0) is 49.7 Å². The van der Waals surface area contributed by atoms with Crippen LogP contribution in [-0.4, -0.2) is 18.4 Å². The lowest BCUT2D eigenvalue weighted by molar-refractivity contribution is 0.278. The predicted molar refractivity (Wildman–Crippen MR) is 97.8 cm³/mol. The van der Waals surface area contributed by atoms with Crippen LogP contribution in [0.2, 0.25) is 0 Å². The minimum atomic E-state index is 0.434. The third kappa shape index (κ3) is 4.03. The molecule has 118 valence electrons. The van der Waals surface area contributed by atoms with E-state index in [0.717, 1.165) is 5.33 Å². The van der Waals surface area contributed by atoms with Crippen molar-refractivity contribution in [3.8, 4) is 0 Å². The summed E-state index contributed by atoms with van der Waals surface area (Å²) in [6.07, 6.45) is 7.75. The molecule has 1 aliphatic heterocycles. The van der Waals surface area contributed by atoms with Crippen molar-refractivity contribution in [2.45, 2.75) is 59.3 Å². The molecule has 2 rings (SSSR count). The first kappa shape index (κ1) is 16.9. The molecule has 0 saturated carbocycles. The Labute approximate surface area is 139 Å². The lowest BCUT2D eigenvalue weighted by Gasteiger charge is -2.41. The molecule has 0 atom stereocenters. The molecule has 1 nitrogen and oxygen atoms in total. The van der Waals surface area contributed by atoms with E-state index in [2.05, 4.69) is 59.8 Å². The Morgan fingerprint density at radius 3 is 2.52 bits per heavy atom. The van der Waals surface area contributed by atoms with Crippen LogP contribution in [0.5, 0.6) is 0 Å². The Hall–Kier alpha value is -0.500. The third-order valence-corrected chi connectivity index (χ3v) is 6.01. The zero-order valence-corrected chi connectivity index (χ0v) is 15.5. The first-order valence-electron chi connectivity index (χ1n) is 8.54.